The van der Waals surface area contributed by atoms with Crippen molar-refractivity contribution < 1.29 is 23.5 Å². The normalized spacial score (nSPS) is 22.7. The van der Waals surface area contributed by atoms with Gasteiger partial charge in [-0.05, 0) is 90.9 Å². The fourth-order valence-electron chi connectivity index (χ4n) is 5.12. The van der Waals surface area contributed by atoms with Crippen LogP contribution in [0.4, 0.5) is 0 Å². The van der Waals surface area contributed by atoms with Crippen molar-refractivity contribution in [2.24, 2.45) is 0 Å². The minimum atomic E-state index is -2.24. The standard InChI is InChI=1S/C37H71NO5Si3/c1-27(2)30-23-28(22-29(24-30)19-21-39)18-20-38-25-32(42-45(14,15)36(6,7)8)34(43-46(16,17)37(9,10)11)33(40)31(38)26-41-44(12,13)35(3,4)5/h22-24,31-34,39-40H,1,18-21,25-26H2,2-17H3/t31-,32?,33-,34?/m1/s1. The van der Waals surface area contributed by atoms with Gasteiger partial charge in [-0.2, -0.15) is 0 Å². The molecule has 1 aliphatic rings. The number of hydrogen-bond donors (Lipinski definition) is 2. The monoisotopic (exact) mass is 693 g/mol. The molecule has 46 heavy (non-hydrogen) atoms. The first-order chi connectivity index (χ1) is 20.6. The first-order valence-corrected chi connectivity index (χ1v) is 26.2. The van der Waals surface area contributed by atoms with E-state index < -0.39 is 37.2 Å². The van der Waals surface area contributed by atoms with Crippen LogP contribution in [0.25, 0.3) is 5.57 Å². The summed E-state index contributed by atoms with van der Waals surface area (Å²) < 4.78 is 21.2. The molecule has 1 aromatic carbocycles. The van der Waals surface area contributed by atoms with Gasteiger partial charge in [0.2, 0.25) is 0 Å². The Hall–Kier alpha value is -0.629. The Morgan fingerprint density at radius 2 is 1.28 bits per heavy atom. The number of aliphatic hydroxyl groups excluding tert-OH is 2. The maximum atomic E-state index is 12.4. The van der Waals surface area contributed by atoms with Crippen molar-refractivity contribution in [1.82, 2.24) is 4.90 Å². The van der Waals surface area contributed by atoms with Gasteiger partial charge in [-0.25, -0.2) is 0 Å². The summed E-state index contributed by atoms with van der Waals surface area (Å²) in [6.45, 7) is 42.3. The van der Waals surface area contributed by atoms with Crippen LogP contribution >= 0.6 is 0 Å². The van der Waals surface area contributed by atoms with Crippen molar-refractivity contribution in [3.05, 3.63) is 41.5 Å². The van der Waals surface area contributed by atoms with Crippen molar-refractivity contribution in [1.29, 1.82) is 0 Å². The van der Waals surface area contributed by atoms with E-state index in [2.05, 4.69) is 131 Å². The molecule has 0 bridgehead atoms. The molecule has 9 heteroatoms. The Morgan fingerprint density at radius 3 is 1.74 bits per heavy atom. The zero-order valence-electron chi connectivity index (χ0n) is 32.6. The van der Waals surface area contributed by atoms with E-state index >= 15 is 0 Å². The van der Waals surface area contributed by atoms with Gasteiger partial charge in [0.1, 0.15) is 0 Å². The molecule has 0 spiro atoms. The highest BCUT2D eigenvalue weighted by molar-refractivity contribution is 6.75. The van der Waals surface area contributed by atoms with Gasteiger partial charge in [0, 0.05) is 19.7 Å². The average Bonchev–Trinajstić information content (AvgIpc) is 2.87. The van der Waals surface area contributed by atoms with Gasteiger partial charge >= 0.3 is 0 Å². The summed E-state index contributed by atoms with van der Waals surface area (Å²) in [5.74, 6) is 0. The third-order valence-corrected chi connectivity index (χ3v) is 25.0. The lowest BCUT2D eigenvalue weighted by atomic mass is 9.93. The van der Waals surface area contributed by atoms with E-state index in [-0.39, 0.29) is 33.9 Å². The second-order valence-electron chi connectivity index (χ2n) is 18.4. The molecule has 2 unspecified atom stereocenters. The second kappa shape index (κ2) is 15.1. The maximum absolute atomic E-state index is 12.4. The zero-order valence-corrected chi connectivity index (χ0v) is 35.6. The lowest BCUT2D eigenvalue weighted by molar-refractivity contribution is -0.133. The summed E-state index contributed by atoms with van der Waals surface area (Å²) in [5, 5.41) is 22.2. The van der Waals surface area contributed by atoms with Crippen LogP contribution in [0.3, 0.4) is 0 Å². The Bertz CT molecular complexity index is 1160. The minimum absolute atomic E-state index is 0.000902. The molecule has 0 radical (unpaired) electrons. The molecule has 2 N–H and O–H groups in total. The quantitative estimate of drug-likeness (QED) is 0.202. The van der Waals surface area contributed by atoms with E-state index in [4.69, 9.17) is 13.3 Å². The number of nitrogens with zero attached hydrogens (tertiary/aromatic N) is 1. The molecule has 0 aliphatic carbocycles. The SMILES string of the molecule is C=C(C)c1cc(CCO)cc(CCN2CC(O[Si](C)(C)C(C)(C)C)C(O[Si](C)(C)C(C)(C)C)[C@H](O)[C@H]2CO[Si](C)(C)C(C)(C)C)c1. The fourth-order valence-corrected chi connectivity index (χ4v) is 8.78. The highest BCUT2D eigenvalue weighted by Gasteiger charge is 2.52. The fraction of sp³-hybridized carbons (Fsp3) is 0.784. The van der Waals surface area contributed by atoms with Crippen molar-refractivity contribution in [2.75, 3.05) is 26.3 Å². The van der Waals surface area contributed by atoms with Crippen LogP contribution in [0.5, 0.6) is 0 Å². The minimum Gasteiger partial charge on any atom is -0.415 e. The number of allylic oxidation sites excluding steroid dienone is 1. The predicted molar refractivity (Wildman–Crippen MR) is 204 cm³/mol. The number of benzene rings is 1. The van der Waals surface area contributed by atoms with Crippen LogP contribution in [0.1, 0.15) is 85.9 Å². The Balaban J connectivity index is 2.59. The molecule has 2 rings (SSSR count). The molecular weight excluding hydrogens is 623 g/mol. The van der Waals surface area contributed by atoms with Gasteiger partial charge in [0.25, 0.3) is 0 Å². The van der Waals surface area contributed by atoms with Crippen LogP contribution in [-0.4, -0.2) is 90.7 Å². The molecule has 1 aliphatic heterocycles. The summed E-state index contributed by atoms with van der Waals surface area (Å²) >= 11 is 0. The summed E-state index contributed by atoms with van der Waals surface area (Å²) in [5.41, 5.74) is 4.46. The Labute approximate surface area is 286 Å². The third kappa shape index (κ3) is 10.4. The van der Waals surface area contributed by atoms with E-state index in [1.165, 1.54) is 5.56 Å². The van der Waals surface area contributed by atoms with E-state index in [0.29, 0.717) is 19.6 Å². The number of hydrogen-bond acceptors (Lipinski definition) is 6. The van der Waals surface area contributed by atoms with Gasteiger partial charge in [-0.3, -0.25) is 4.90 Å². The van der Waals surface area contributed by atoms with Crippen LogP contribution < -0.4 is 0 Å². The van der Waals surface area contributed by atoms with Gasteiger partial charge in [0.15, 0.2) is 25.0 Å². The average molecular weight is 694 g/mol. The summed E-state index contributed by atoms with van der Waals surface area (Å²) in [6, 6.07) is 6.34. The predicted octanol–water partition coefficient (Wildman–Crippen LogP) is 8.64. The van der Waals surface area contributed by atoms with Crippen molar-refractivity contribution in [3.8, 4) is 0 Å². The van der Waals surface area contributed by atoms with Crippen LogP contribution in [0.2, 0.25) is 54.4 Å². The van der Waals surface area contributed by atoms with Gasteiger partial charge in [0.05, 0.1) is 31.0 Å². The van der Waals surface area contributed by atoms with E-state index in [9.17, 15) is 10.2 Å². The zero-order chi connectivity index (χ0) is 35.7. The summed E-state index contributed by atoms with van der Waals surface area (Å²) in [7, 11) is -6.52. The van der Waals surface area contributed by atoms with Crippen LogP contribution in [0, 0.1) is 0 Å². The molecule has 0 aromatic heterocycles. The first kappa shape index (κ1) is 41.5. The number of likely N-dealkylation sites (tertiary alicyclic amines) is 1. The highest BCUT2D eigenvalue weighted by atomic mass is 28.4. The third-order valence-electron chi connectivity index (χ3n) is 11.5. The Kier molecular flexibility index (Phi) is 13.6. The Morgan fingerprint density at radius 1 is 0.804 bits per heavy atom. The highest BCUT2D eigenvalue weighted by Crippen LogP contribution is 2.43. The molecule has 0 amide bonds. The van der Waals surface area contributed by atoms with E-state index in [1.807, 2.05) is 6.92 Å². The molecule has 1 fully saturated rings. The maximum Gasteiger partial charge on any atom is 0.192 e. The molecule has 1 aromatic rings. The van der Waals surface area contributed by atoms with Crippen LogP contribution in [-0.2, 0) is 26.1 Å². The summed E-state index contributed by atoms with van der Waals surface area (Å²) in [6.07, 6.45) is -0.00477. The number of piperidine rings is 1. The van der Waals surface area contributed by atoms with Gasteiger partial charge in [-0.1, -0.05) is 92.7 Å². The topological polar surface area (TPSA) is 71.4 Å². The van der Waals surface area contributed by atoms with Crippen LogP contribution in [0.15, 0.2) is 24.8 Å². The molecule has 0 saturated carbocycles. The van der Waals surface area contributed by atoms with Gasteiger partial charge < -0.3 is 23.5 Å². The van der Waals surface area contributed by atoms with E-state index in [1.54, 1.807) is 0 Å². The second-order valence-corrected chi connectivity index (χ2v) is 32.7. The van der Waals surface area contributed by atoms with Crippen molar-refractivity contribution in [2.45, 2.75) is 161 Å². The van der Waals surface area contributed by atoms with Crippen molar-refractivity contribution in [3.63, 3.8) is 0 Å². The molecule has 4 atom stereocenters. The van der Waals surface area contributed by atoms with E-state index in [0.717, 1.165) is 29.7 Å². The number of aliphatic hydroxyl groups is 2. The molecule has 1 heterocycles. The molecule has 6 nitrogen and oxygen atoms in total. The van der Waals surface area contributed by atoms with Crippen molar-refractivity contribution >= 4 is 30.5 Å². The molecule has 1 saturated heterocycles. The molecule has 266 valence electrons. The molecular formula is C37H71NO5Si3. The smallest absolute Gasteiger partial charge is 0.192 e. The first-order valence-electron chi connectivity index (χ1n) is 17.4. The lowest BCUT2D eigenvalue weighted by Gasteiger charge is -2.53. The largest absolute Gasteiger partial charge is 0.415 e. The summed E-state index contributed by atoms with van der Waals surface area (Å²) in [4.78, 5) is 2.42. The lowest BCUT2D eigenvalue weighted by Crippen LogP contribution is -2.68. The number of rotatable bonds is 13. The van der Waals surface area contributed by atoms with Gasteiger partial charge in [-0.15, -0.1) is 0 Å².